The first-order valence-electron chi connectivity index (χ1n) is 9.35. The molecule has 26 heavy (non-hydrogen) atoms. The number of nitrogens with zero attached hydrogens (tertiary/aromatic N) is 3. The molecule has 1 amide bonds. The molecular formula is C21H28N3O2+. The maximum absolute atomic E-state index is 12.3. The molecule has 5 heteroatoms. The average molecular weight is 354 g/mol. The van der Waals surface area contributed by atoms with E-state index in [-0.39, 0.29) is 5.91 Å². The summed E-state index contributed by atoms with van der Waals surface area (Å²) in [4.78, 5) is 22.1. The Morgan fingerprint density at radius 1 is 1.23 bits per heavy atom. The highest BCUT2D eigenvalue weighted by Crippen LogP contribution is 2.26. The Bertz CT molecular complexity index is 808. The van der Waals surface area contributed by atoms with Gasteiger partial charge in [-0.15, -0.1) is 0 Å². The van der Waals surface area contributed by atoms with Crippen LogP contribution in [0.5, 0.6) is 0 Å². The van der Waals surface area contributed by atoms with Crippen molar-refractivity contribution in [1.29, 1.82) is 0 Å². The molecule has 2 heterocycles. The second kappa shape index (κ2) is 8.21. The van der Waals surface area contributed by atoms with Crippen LogP contribution in [0, 0.1) is 6.92 Å². The fourth-order valence-corrected chi connectivity index (χ4v) is 3.52. The summed E-state index contributed by atoms with van der Waals surface area (Å²) >= 11 is 0. The van der Waals surface area contributed by atoms with Crippen LogP contribution in [0.4, 0.5) is 5.69 Å². The van der Waals surface area contributed by atoms with E-state index in [0.717, 1.165) is 50.2 Å². The minimum Gasteiger partial charge on any atom is -0.367 e. The van der Waals surface area contributed by atoms with Gasteiger partial charge in [0.25, 0.3) is 5.52 Å². The van der Waals surface area contributed by atoms with Crippen LogP contribution >= 0.6 is 0 Å². The van der Waals surface area contributed by atoms with E-state index in [2.05, 4.69) is 43.0 Å². The molecule has 1 aliphatic heterocycles. The number of aromatic nitrogens is 1. The number of unbranched alkanes of at least 4 members (excludes halogenated alkanes) is 1. The molecule has 138 valence electrons. The highest BCUT2D eigenvalue weighted by molar-refractivity contribution is 5.90. The van der Waals surface area contributed by atoms with Crippen molar-refractivity contribution >= 4 is 22.5 Å². The Kier molecular flexibility index (Phi) is 5.76. The van der Waals surface area contributed by atoms with Gasteiger partial charge in [0, 0.05) is 50.0 Å². The van der Waals surface area contributed by atoms with Gasteiger partial charge in [0.2, 0.25) is 11.6 Å². The molecule has 1 aliphatic rings. The monoisotopic (exact) mass is 354 g/mol. The van der Waals surface area contributed by atoms with Crippen molar-refractivity contribution in [2.24, 2.45) is 0 Å². The van der Waals surface area contributed by atoms with Crippen molar-refractivity contribution in [2.45, 2.75) is 26.7 Å². The average Bonchev–Trinajstić information content (AvgIpc) is 2.67. The number of carbonyl (C=O) groups is 1. The molecule has 5 nitrogen and oxygen atoms in total. The Morgan fingerprint density at radius 3 is 2.65 bits per heavy atom. The number of para-hydroxylation sites is 1. The van der Waals surface area contributed by atoms with Crippen molar-refractivity contribution in [3.63, 3.8) is 0 Å². The van der Waals surface area contributed by atoms with Crippen LogP contribution in [0.1, 0.15) is 25.5 Å². The van der Waals surface area contributed by atoms with E-state index >= 15 is 0 Å². The third-order valence-corrected chi connectivity index (χ3v) is 4.90. The van der Waals surface area contributed by atoms with E-state index in [1.165, 1.54) is 11.1 Å². The van der Waals surface area contributed by atoms with Crippen LogP contribution < -0.4 is 14.5 Å². The van der Waals surface area contributed by atoms with E-state index in [9.17, 15) is 4.79 Å². The molecule has 3 rings (SSSR count). The predicted molar refractivity (Wildman–Crippen MR) is 104 cm³/mol. The fourth-order valence-electron chi connectivity index (χ4n) is 3.52. The van der Waals surface area contributed by atoms with Crippen LogP contribution in [0.2, 0.25) is 0 Å². The van der Waals surface area contributed by atoms with E-state index in [1.807, 2.05) is 21.8 Å². The van der Waals surface area contributed by atoms with Gasteiger partial charge in [-0.2, -0.15) is 0 Å². The molecule has 0 unspecified atom stereocenters. The molecule has 1 saturated heterocycles. The van der Waals surface area contributed by atoms with Crippen molar-refractivity contribution < 1.29 is 14.4 Å². The summed E-state index contributed by atoms with van der Waals surface area (Å²) in [6.45, 7) is 7.36. The fraction of sp³-hybridized carbons (Fsp3) is 0.429. The van der Waals surface area contributed by atoms with E-state index in [1.54, 1.807) is 13.2 Å². The summed E-state index contributed by atoms with van der Waals surface area (Å²) in [7, 11) is 1.69. The predicted octanol–water partition coefficient (Wildman–Crippen LogP) is 2.50. The molecule has 0 aliphatic carbocycles. The summed E-state index contributed by atoms with van der Waals surface area (Å²) in [6.07, 6.45) is 5.73. The number of benzene rings is 1. The van der Waals surface area contributed by atoms with Gasteiger partial charge in [0.1, 0.15) is 7.11 Å². The van der Waals surface area contributed by atoms with Gasteiger partial charge in [0.15, 0.2) is 0 Å². The second-order valence-electron chi connectivity index (χ2n) is 6.67. The number of hydrogen-bond acceptors (Lipinski definition) is 3. The number of allylic oxidation sites excluding steroid dienone is 1. The summed E-state index contributed by atoms with van der Waals surface area (Å²) in [6, 6.07) is 10.5. The topological polar surface area (TPSA) is 36.7 Å². The van der Waals surface area contributed by atoms with Gasteiger partial charge in [-0.3, -0.25) is 9.63 Å². The minimum absolute atomic E-state index is 0.129. The van der Waals surface area contributed by atoms with Crippen LogP contribution in [-0.4, -0.2) is 44.1 Å². The van der Waals surface area contributed by atoms with Crippen LogP contribution in [0.15, 0.2) is 42.5 Å². The first-order valence-corrected chi connectivity index (χ1v) is 9.35. The Morgan fingerprint density at radius 2 is 1.96 bits per heavy atom. The molecule has 0 radical (unpaired) electrons. The van der Waals surface area contributed by atoms with Crippen molar-refractivity contribution in [2.75, 3.05) is 38.2 Å². The maximum Gasteiger partial charge on any atom is 0.267 e. The van der Waals surface area contributed by atoms with E-state index in [0.29, 0.717) is 0 Å². The van der Waals surface area contributed by atoms with Crippen molar-refractivity contribution in [3.05, 3.63) is 48.2 Å². The summed E-state index contributed by atoms with van der Waals surface area (Å²) in [5, 5.41) is 1.17. The molecule has 1 aromatic carbocycles. The standard InChI is InChI=1S/C21H28N3O2/c1-4-5-6-11-21(25)23-14-12-22(13-15-23)20-16-17(2)24(26-3)19-10-8-7-9-18(19)20/h6-11,16H,4-5,12-15H2,1-3H3/q+1. The second-order valence-corrected chi connectivity index (χ2v) is 6.67. The lowest BCUT2D eigenvalue weighted by Crippen LogP contribution is -2.49. The van der Waals surface area contributed by atoms with Gasteiger partial charge in [-0.25, -0.2) is 0 Å². The highest BCUT2D eigenvalue weighted by Gasteiger charge is 2.25. The van der Waals surface area contributed by atoms with E-state index < -0.39 is 0 Å². The number of rotatable bonds is 5. The number of fused-ring (bicyclic) bond motifs is 1. The Balaban J connectivity index is 1.79. The molecular weight excluding hydrogens is 326 g/mol. The molecule has 0 atom stereocenters. The molecule has 0 spiro atoms. The van der Waals surface area contributed by atoms with Gasteiger partial charge in [-0.05, 0) is 18.6 Å². The summed E-state index contributed by atoms with van der Waals surface area (Å²) < 4.78 is 1.86. The number of anilines is 1. The summed E-state index contributed by atoms with van der Waals surface area (Å²) in [5.41, 5.74) is 3.33. The number of piperazine rings is 1. The van der Waals surface area contributed by atoms with E-state index in [4.69, 9.17) is 4.84 Å². The lowest BCUT2D eigenvalue weighted by atomic mass is 10.1. The quantitative estimate of drug-likeness (QED) is 0.611. The normalized spacial score (nSPS) is 15.0. The Labute approximate surface area is 155 Å². The number of pyridine rings is 1. The first kappa shape index (κ1) is 18.2. The molecule has 2 aromatic rings. The first-order chi connectivity index (χ1) is 12.7. The van der Waals surface area contributed by atoms with Gasteiger partial charge >= 0.3 is 0 Å². The zero-order chi connectivity index (χ0) is 18.5. The lowest BCUT2D eigenvalue weighted by molar-refractivity contribution is -0.869. The highest BCUT2D eigenvalue weighted by atomic mass is 16.6. The summed E-state index contributed by atoms with van der Waals surface area (Å²) in [5.74, 6) is 0.129. The number of amides is 1. The van der Waals surface area contributed by atoms with Crippen LogP contribution in [-0.2, 0) is 4.79 Å². The van der Waals surface area contributed by atoms with Gasteiger partial charge in [0.05, 0.1) is 11.1 Å². The molecule has 1 fully saturated rings. The zero-order valence-electron chi connectivity index (χ0n) is 15.9. The lowest BCUT2D eigenvalue weighted by Gasteiger charge is -2.36. The third kappa shape index (κ3) is 3.66. The van der Waals surface area contributed by atoms with Crippen molar-refractivity contribution in [3.8, 4) is 0 Å². The number of hydrogen-bond donors (Lipinski definition) is 0. The smallest absolute Gasteiger partial charge is 0.267 e. The number of carbonyl (C=O) groups excluding carboxylic acids is 1. The molecule has 0 saturated carbocycles. The van der Waals surface area contributed by atoms with Gasteiger partial charge < -0.3 is 9.80 Å². The molecule has 0 bridgehead atoms. The van der Waals surface area contributed by atoms with Crippen LogP contribution in [0.3, 0.4) is 0 Å². The number of aryl methyl sites for hydroxylation is 1. The minimum atomic E-state index is 0.129. The van der Waals surface area contributed by atoms with Crippen LogP contribution in [0.25, 0.3) is 10.9 Å². The SMILES string of the molecule is CCCC=CC(=O)N1CCN(c2cc(C)[n+](OC)c3ccccc23)CC1. The Hall–Kier alpha value is -2.56. The third-order valence-electron chi connectivity index (χ3n) is 4.90. The molecule has 0 N–H and O–H groups in total. The maximum atomic E-state index is 12.3. The largest absolute Gasteiger partial charge is 0.367 e. The van der Waals surface area contributed by atoms with Gasteiger partial charge in [-0.1, -0.05) is 31.6 Å². The molecule has 1 aromatic heterocycles. The zero-order valence-corrected chi connectivity index (χ0v) is 15.9. The van der Waals surface area contributed by atoms with Crippen molar-refractivity contribution in [1.82, 2.24) is 4.90 Å².